The predicted octanol–water partition coefficient (Wildman–Crippen LogP) is 2.68. The van der Waals surface area contributed by atoms with E-state index in [0.29, 0.717) is 28.1 Å². The highest BCUT2D eigenvalue weighted by atomic mass is 16.5. The number of aryl methyl sites for hydroxylation is 2. The first-order valence-electron chi connectivity index (χ1n) is 8.17. The molecule has 2 aromatic rings. The molecule has 2 N–H and O–H groups in total. The molecule has 1 heterocycles. The van der Waals surface area contributed by atoms with Crippen molar-refractivity contribution in [3.8, 4) is 11.5 Å². The Bertz CT molecular complexity index is 953. The first-order valence-corrected chi connectivity index (χ1v) is 8.17. The maximum atomic E-state index is 12.8. The molecular weight excluding hydrogens is 348 g/mol. The number of benzene rings is 2. The zero-order chi connectivity index (χ0) is 19.7. The summed E-state index contributed by atoms with van der Waals surface area (Å²) in [5.74, 6) is -0.757. The fourth-order valence-corrected chi connectivity index (χ4v) is 2.86. The molecule has 0 spiro atoms. The van der Waals surface area contributed by atoms with Gasteiger partial charge in [-0.1, -0.05) is 0 Å². The number of imide groups is 2. The molecule has 0 atom stereocenters. The monoisotopic (exact) mass is 366 g/mol. The zero-order valence-corrected chi connectivity index (χ0v) is 15.1. The number of rotatable bonds is 3. The van der Waals surface area contributed by atoms with Crippen molar-refractivity contribution in [3.05, 3.63) is 58.7 Å². The van der Waals surface area contributed by atoms with Gasteiger partial charge < -0.3 is 9.84 Å². The molecule has 1 saturated heterocycles. The van der Waals surface area contributed by atoms with E-state index in [4.69, 9.17) is 4.74 Å². The lowest BCUT2D eigenvalue weighted by atomic mass is 10.0. The van der Waals surface area contributed by atoms with Crippen LogP contribution in [0.2, 0.25) is 0 Å². The standard InChI is InChI=1S/C20H18N2O5/c1-11-8-13(9-12(2)17(11)23)10-16-18(24)21-20(26)22(19(16)25)14-4-6-15(27-3)7-5-14/h4-10,23H,1-3H3,(H,21,24,26). The zero-order valence-electron chi connectivity index (χ0n) is 15.1. The molecule has 7 heteroatoms. The normalized spacial score (nSPS) is 15.9. The number of carbonyl (C=O) groups excluding carboxylic acids is 3. The Morgan fingerprint density at radius 3 is 2.19 bits per heavy atom. The number of aromatic hydroxyl groups is 1. The maximum Gasteiger partial charge on any atom is 0.335 e. The van der Waals surface area contributed by atoms with Gasteiger partial charge in [-0.25, -0.2) is 9.69 Å². The number of phenols is 1. The van der Waals surface area contributed by atoms with Gasteiger partial charge in [0.05, 0.1) is 12.8 Å². The van der Waals surface area contributed by atoms with E-state index in [-0.39, 0.29) is 11.3 Å². The van der Waals surface area contributed by atoms with Crippen LogP contribution in [0.25, 0.3) is 6.08 Å². The van der Waals surface area contributed by atoms with Crippen molar-refractivity contribution in [3.63, 3.8) is 0 Å². The van der Waals surface area contributed by atoms with Crippen LogP contribution in [0.4, 0.5) is 10.5 Å². The fourth-order valence-electron chi connectivity index (χ4n) is 2.86. The third-order valence-corrected chi connectivity index (χ3v) is 4.26. The summed E-state index contributed by atoms with van der Waals surface area (Å²) >= 11 is 0. The lowest BCUT2D eigenvalue weighted by molar-refractivity contribution is -0.122. The second-order valence-corrected chi connectivity index (χ2v) is 6.16. The van der Waals surface area contributed by atoms with Gasteiger partial charge >= 0.3 is 6.03 Å². The number of nitrogens with zero attached hydrogens (tertiary/aromatic N) is 1. The molecule has 0 radical (unpaired) electrons. The van der Waals surface area contributed by atoms with E-state index >= 15 is 0 Å². The van der Waals surface area contributed by atoms with Gasteiger partial charge in [-0.15, -0.1) is 0 Å². The van der Waals surface area contributed by atoms with Gasteiger partial charge in [0.2, 0.25) is 0 Å². The van der Waals surface area contributed by atoms with Gasteiger partial charge in [0, 0.05) is 0 Å². The second kappa shape index (κ2) is 6.95. The van der Waals surface area contributed by atoms with Crippen LogP contribution in [0.3, 0.4) is 0 Å². The van der Waals surface area contributed by atoms with E-state index in [1.54, 1.807) is 50.2 Å². The minimum absolute atomic E-state index is 0.159. The summed E-state index contributed by atoms with van der Waals surface area (Å²) in [6.07, 6.45) is 1.40. The minimum Gasteiger partial charge on any atom is -0.507 e. The number of phenolic OH excluding ortho intramolecular Hbond substituents is 1. The van der Waals surface area contributed by atoms with Gasteiger partial charge in [0.1, 0.15) is 17.1 Å². The average molecular weight is 366 g/mol. The number of amides is 4. The van der Waals surface area contributed by atoms with E-state index in [1.165, 1.54) is 13.2 Å². The van der Waals surface area contributed by atoms with Crippen molar-refractivity contribution in [2.75, 3.05) is 12.0 Å². The molecule has 0 saturated carbocycles. The number of nitrogens with one attached hydrogen (secondary N) is 1. The molecule has 3 rings (SSSR count). The second-order valence-electron chi connectivity index (χ2n) is 6.16. The lowest BCUT2D eigenvalue weighted by Gasteiger charge is -2.26. The molecule has 2 aromatic carbocycles. The molecule has 1 aliphatic heterocycles. The van der Waals surface area contributed by atoms with Gasteiger partial charge in [0.25, 0.3) is 11.8 Å². The minimum atomic E-state index is -0.814. The van der Waals surface area contributed by atoms with Crippen LogP contribution in [0, 0.1) is 13.8 Å². The van der Waals surface area contributed by atoms with Crippen molar-refractivity contribution in [1.29, 1.82) is 0 Å². The van der Waals surface area contributed by atoms with Gasteiger partial charge in [0.15, 0.2) is 0 Å². The van der Waals surface area contributed by atoms with Crippen LogP contribution in [-0.4, -0.2) is 30.1 Å². The number of anilines is 1. The quantitative estimate of drug-likeness (QED) is 0.643. The Hall–Kier alpha value is -3.61. The number of barbiturate groups is 1. The molecule has 0 unspecified atom stereocenters. The molecule has 4 amide bonds. The Morgan fingerprint density at radius 2 is 1.63 bits per heavy atom. The molecule has 27 heavy (non-hydrogen) atoms. The number of carbonyl (C=O) groups is 3. The first kappa shape index (κ1) is 18.2. The number of ether oxygens (including phenoxy) is 1. The first-order chi connectivity index (χ1) is 12.8. The van der Waals surface area contributed by atoms with E-state index in [1.807, 2.05) is 0 Å². The third-order valence-electron chi connectivity index (χ3n) is 4.26. The van der Waals surface area contributed by atoms with Crippen molar-refractivity contribution in [1.82, 2.24) is 5.32 Å². The average Bonchev–Trinajstić information content (AvgIpc) is 2.63. The SMILES string of the molecule is COc1ccc(N2C(=O)NC(=O)C(=Cc3cc(C)c(O)c(C)c3)C2=O)cc1. The molecule has 1 aliphatic rings. The maximum absolute atomic E-state index is 12.8. The summed E-state index contributed by atoms with van der Waals surface area (Å²) in [7, 11) is 1.51. The Labute approximate surface area is 155 Å². The van der Waals surface area contributed by atoms with Crippen LogP contribution in [0.5, 0.6) is 11.5 Å². The van der Waals surface area contributed by atoms with Crippen molar-refractivity contribution < 1.29 is 24.2 Å². The summed E-state index contributed by atoms with van der Waals surface area (Å²) in [6, 6.07) is 8.83. The Balaban J connectivity index is 2.01. The summed E-state index contributed by atoms with van der Waals surface area (Å²) in [5, 5.41) is 12.1. The highest BCUT2D eigenvalue weighted by molar-refractivity contribution is 6.39. The third kappa shape index (κ3) is 3.39. The van der Waals surface area contributed by atoms with E-state index in [0.717, 1.165) is 4.90 Å². The van der Waals surface area contributed by atoms with Crippen LogP contribution in [-0.2, 0) is 9.59 Å². The summed E-state index contributed by atoms with van der Waals surface area (Å²) < 4.78 is 5.07. The van der Waals surface area contributed by atoms with Gasteiger partial charge in [-0.05, 0) is 73.0 Å². The summed E-state index contributed by atoms with van der Waals surface area (Å²) in [6.45, 7) is 3.45. The number of hydrogen-bond donors (Lipinski definition) is 2. The van der Waals surface area contributed by atoms with E-state index < -0.39 is 17.8 Å². The highest BCUT2D eigenvalue weighted by Gasteiger charge is 2.36. The van der Waals surface area contributed by atoms with E-state index in [9.17, 15) is 19.5 Å². The smallest absolute Gasteiger partial charge is 0.335 e. The van der Waals surface area contributed by atoms with Gasteiger partial charge in [-0.3, -0.25) is 14.9 Å². The Morgan fingerprint density at radius 1 is 1.04 bits per heavy atom. The molecule has 0 bridgehead atoms. The number of methoxy groups -OCH3 is 1. The van der Waals surface area contributed by atoms with Gasteiger partial charge in [-0.2, -0.15) is 0 Å². The molecule has 0 aromatic heterocycles. The summed E-state index contributed by atoms with van der Waals surface area (Å²) in [5.41, 5.74) is 1.96. The highest BCUT2D eigenvalue weighted by Crippen LogP contribution is 2.27. The van der Waals surface area contributed by atoms with Crippen molar-refractivity contribution in [2.24, 2.45) is 0 Å². The van der Waals surface area contributed by atoms with Crippen molar-refractivity contribution in [2.45, 2.75) is 13.8 Å². The van der Waals surface area contributed by atoms with Crippen LogP contribution in [0.15, 0.2) is 42.0 Å². The molecular formula is C20H18N2O5. The lowest BCUT2D eigenvalue weighted by Crippen LogP contribution is -2.54. The predicted molar refractivity (Wildman–Crippen MR) is 99.6 cm³/mol. The van der Waals surface area contributed by atoms with Crippen LogP contribution in [0.1, 0.15) is 16.7 Å². The number of hydrogen-bond acceptors (Lipinski definition) is 5. The fraction of sp³-hybridized carbons (Fsp3) is 0.150. The molecule has 0 aliphatic carbocycles. The Kier molecular flexibility index (Phi) is 4.68. The van der Waals surface area contributed by atoms with Crippen molar-refractivity contribution >= 4 is 29.6 Å². The van der Waals surface area contributed by atoms with E-state index in [2.05, 4.69) is 5.32 Å². The number of urea groups is 1. The van der Waals surface area contributed by atoms with Crippen LogP contribution < -0.4 is 15.0 Å². The molecule has 7 nitrogen and oxygen atoms in total. The summed E-state index contributed by atoms with van der Waals surface area (Å²) in [4.78, 5) is 38.2. The largest absolute Gasteiger partial charge is 0.507 e. The topological polar surface area (TPSA) is 95.9 Å². The molecule has 138 valence electrons. The van der Waals surface area contributed by atoms with Crippen LogP contribution >= 0.6 is 0 Å². The molecule has 1 fully saturated rings.